The Kier molecular flexibility index (Phi) is 4.24. The first-order valence-electron chi connectivity index (χ1n) is 7.12. The van der Waals surface area contributed by atoms with Crippen LogP contribution in [0.4, 0.5) is 23.0 Å². The molecule has 3 rings (SSSR count). The molecular formula is C17H17N5O. The second-order valence-electron chi connectivity index (χ2n) is 4.95. The van der Waals surface area contributed by atoms with E-state index < -0.39 is 0 Å². The maximum atomic E-state index is 5.86. The lowest BCUT2D eigenvalue weighted by molar-refractivity contribution is 0.306. The Balaban J connectivity index is 1.71. The number of hydrogen-bond donors (Lipinski definition) is 3. The minimum atomic E-state index is 0.249. The van der Waals surface area contributed by atoms with E-state index in [2.05, 4.69) is 15.3 Å². The summed E-state index contributed by atoms with van der Waals surface area (Å²) >= 11 is 0. The van der Waals surface area contributed by atoms with Crippen LogP contribution in [0.1, 0.15) is 5.56 Å². The fraction of sp³-hybridized carbons (Fsp3) is 0.0588. The minimum absolute atomic E-state index is 0.249. The van der Waals surface area contributed by atoms with Crippen molar-refractivity contribution in [2.45, 2.75) is 6.61 Å². The van der Waals surface area contributed by atoms with Gasteiger partial charge in [-0.2, -0.15) is 0 Å². The van der Waals surface area contributed by atoms with E-state index in [0.717, 1.165) is 17.0 Å². The van der Waals surface area contributed by atoms with Crippen LogP contribution in [0.3, 0.4) is 0 Å². The summed E-state index contributed by atoms with van der Waals surface area (Å²) in [4.78, 5) is 7.93. The Morgan fingerprint density at radius 2 is 1.78 bits per heavy atom. The standard InChI is InChI=1S/C17H17N5O/c18-15-16(19)20-11-21-17(15)22-13-7-4-8-14(9-13)23-10-12-5-2-1-3-6-12/h1-9,11H,10,18H2,(H3,19,20,21,22). The lowest BCUT2D eigenvalue weighted by Gasteiger charge is -2.11. The molecule has 1 aromatic heterocycles. The maximum absolute atomic E-state index is 5.86. The van der Waals surface area contributed by atoms with Crippen molar-refractivity contribution in [3.8, 4) is 5.75 Å². The average molecular weight is 307 g/mol. The zero-order valence-electron chi connectivity index (χ0n) is 12.4. The van der Waals surface area contributed by atoms with Gasteiger partial charge in [0.05, 0.1) is 0 Å². The van der Waals surface area contributed by atoms with Crippen LogP contribution >= 0.6 is 0 Å². The number of benzene rings is 2. The topological polar surface area (TPSA) is 99.1 Å². The number of nitrogens with one attached hydrogen (secondary N) is 1. The number of nitrogen functional groups attached to an aromatic ring is 2. The summed E-state index contributed by atoms with van der Waals surface area (Å²) in [7, 11) is 0. The van der Waals surface area contributed by atoms with Crippen LogP contribution in [-0.2, 0) is 6.61 Å². The Morgan fingerprint density at radius 3 is 2.61 bits per heavy atom. The Hall–Kier alpha value is -3.28. The second-order valence-corrected chi connectivity index (χ2v) is 4.95. The lowest BCUT2D eigenvalue weighted by Crippen LogP contribution is -2.04. The predicted octanol–water partition coefficient (Wildman–Crippen LogP) is 2.96. The smallest absolute Gasteiger partial charge is 0.159 e. The number of nitrogens with zero attached hydrogens (tertiary/aromatic N) is 2. The van der Waals surface area contributed by atoms with Crippen LogP contribution in [0, 0.1) is 0 Å². The van der Waals surface area contributed by atoms with E-state index in [4.69, 9.17) is 16.2 Å². The van der Waals surface area contributed by atoms with E-state index >= 15 is 0 Å². The SMILES string of the molecule is Nc1ncnc(Nc2cccc(OCc3ccccc3)c2)c1N. The zero-order valence-corrected chi connectivity index (χ0v) is 12.4. The van der Waals surface area contributed by atoms with Gasteiger partial charge in [-0.05, 0) is 17.7 Å². The van der Waals surface area contributed by atoms with E-state index in [1.807, 2.05) is 54.6 Å². The van der Waals surface area contributed by atoms with Crippen molar-refractivity contribution in [2.75, 3.05) is 16.8 Å². The molecule has 0 aliphatic rings. The van der Waals surface area contributed by atoms with Gasteiger partial charge < -0.3 is 21.5 Å². The van der Waals surface area contributed by atoms with Gasteiger partial charge >= 0.3 is 0 Å². The highest BCUT2D eigenvalue weighted by molar-refractivity contribution is 5.76. The highest BCUT2D eigenvalue weighted by Gasteiger charge is 2.06. The monoisotopic (exact) mass is 307 g/mol. The number of aromatic nitrogens is 2. The van der Waals surface area contributed by atoms with Gasteiger partial charge in [0.1, 0.15) is 24.4 Å². The molecule has 0 radical (unpaired) electrons. The third-order valence-electron chi connectivity index (χ3n) is 3.26. The Labute approximate surface area is 134 Å². The number of nitrogens with two attached hydrogens (primary N) is 2. The molecule has 0 aliphatic carbocycles. The molecule has 5 N–H and O–H groups in total. The van der Waals surface area contributed by atoms with Gasteiger partial charge in [0, 0.05) is 11.8 Å². The molecule has 23 heavy (non-hydrogen) atoms. The lowest BCUT2D eigenvalue weighted by atomic mass is 10.2. The highest BCUT2D eigenvalue weighted by Crippen LogP contribution is 2.26. The molecule has 0 unspecified atom stereocenters. The van der Waals surface area contributed by atoms with E-state index in [-0.39, 0.29) is 5.82 Å². The number of ether oxygens (including phenoxy) is 1. The molecule has 0 atom stereocenters. The van der Waals surface area contributed by atoms with Crippen molar-refractivity contribution in [3.05, 3.63) is 66.5 Å². The van der Waals surface area contributed by atoms with Crippen molar-refractivity contribution in [1.82, 2.24) is 9.97 Å². The molecule has 0 spiro atoms. The third kappa shape index (κ3) is 3.68. The maximum Gasteiger partial charge on any atom is 0.159 e. The first-order chi connectivity index (χ1) is 11.2. The molecule has 6 nitrogen and oxygen atoms in total. The summed E-state index contributed by atoms with van der Waals surface area (Å²) in [5, 5.41) is 3.12. The van der Waals surface area contributed by atoms with Gasteiger partial charge in [-0.3, -0.25) is 0 Å². The van der Waals surface area contributed by atoms with Crippen LogP contribution in [0.25, 0.3) is 0 Å². The largest absolute Gasteiger partial charge is 0.489 e. The number of anilines is 4. The quantitative estimate of drug-likeness (QED) is 0.670. The highest BCUT2D eigenvalue weighted by atomic mass is 16.5. The zero-order chi connectivity index (χ0) is 16.1. The summed E-state index contributed by atoms with van der Waals surface area (Å²) in [6.45, 7) is 0.507. The molecule has 116 valence electrons. The fourth-order valence-electron chi connectivity index (χ4n) is 2.05. The van der Waals surface area contributed by atoms with E-state index in [0.29, 0.717) is 18.1 Å². The van der Waals surface area contributed by atoms with Crippen LogP contribution in [0.5, 0.6) is 5.75 Å². The number of rotatable bonds is 5. The van der Waals surface area contributed by atoms with Gasteiger partial charge in [-0.25, -0.2) is 9.97 Å². The first kappa shape index (κ1) is 14.6. The molecule has 1 heterocycles. The molecule has 0 saturated carbocycles. The third-order valence-corrected chi connectivity index (χ3v) is 3.26. The second kappa shape index (κ2) is 6.65. The first-order valence-corrected chi connectivity index (χ1v) is 7.12. The van der Waals surface area contributed by atoms with Crippen LogP contribution in [-0.4, -0.2) is 9.97 Å². The van der Waals surface area contributed by atoms with Crippen LogP contribution in [0.15, 0.2) is 60.9 Å². The molecular weight excluding hydrogens is 290 g/mol. The van der Waals surface area contributed by atoms with Crippen LogP contribution < -0.4 is 21.5 Å². The Bertz CT molecular complexity index is 792. The van der Waals surface area contributed by atoms with E-state index in [1.54, 1.807) is 0 Å². The molecule has 0 fully saturated rings. The minimum Gasteiger partial charge on any atom is -0.489 e. The molecule has 6 heteroatoms. The van der Waals surface area contributed by atoms with Gasteiger partial charge in [0.25, 0.3) is 0 Å². The van der Waals surface area contributed by atoms with Crippen molar-refractivity contribution in [1.29, 1.82) is 0 Å². The predicted molar refractivity (Wildman–Crippen MR) is 91.4 cm³/mol. The van der Waals surface area contributed by atoms with Gasteiger partial charge in [0.15, 0.2) is 11.6 Å². The molecule has 0 bridgehead atoms. The van der Waals surface area contributed by atoms with Gasteiger partial charge in [-0.15, -0.1) is 0 Å². The fourth-order valence-corrected chi connectivity index (χ4v) is 2.05. The summed E-state index contributed by atoms with van der Waals surface area (Å²) in [6.07, 6.45) is 1.36. The summed E-state index contributed by atoms with van der Waals surface area (Å²) in [5.41, 5.74) is 13.8. The molecule has 2 aromatic carbocycles. The van der Waals surface area contributed by atoms with E-state index in [1.165, 1.54) is 6.33 Å². The number of hydrogen-bond acceptors (Lipinski definition) is 6. The van der Waals surface area contributed by atoms with Crippen molar-refractivity contribution in [2.24, 2.45) is 0 Å². The van der Waals surface area contributed by atoms with Crippen molar-refractivity contribution in [3.63, 3.8) is 0 Å². The van der Waals surface area contributed by atoms with Crippen molar-refractivity contribution >= 4 is 23.0 Å². The van der Waals surface area contributed by atoms with Gasteiger partial charge in [0.2, 0.25) is 0 Å². The van der Waals surface area contributed by atoms with Crippen molar-refractivity contribution < 1.29 is 4.74 Å². The van der Waals surface area contributed by atoms with E-state index in [9.17, 15) is 0 Å². The Morgan fingerprint density at radius 1 is 0.957 bits per heavy atom. The molecule has 0 amide bonds. The summed E-state index contributed by atoms with van der Waals surface area (Å²) in [5.74, 6) is 1.47. The average Bonchev–Trinajstić information content (AvgIpc) is 2.59. The van der Waals surface area contributed by atoms with Crippen LogP contribution in [0.2, 0.25) is 0 Å². The summed E-state index contributed by atoms with van der Waals surface area (Å²) in [6, 6.07) is 17.5. The summed E-state index contributed by atoms with van der Waals surface area (Å²) < 4.78 is 5.80. The normalized spacial score (nSPS) is 10.3. The van der Waals surface area contributed by atoms with Gasteiger partial charge in [-0.1, -0.05) is 36.4 Å². The molecule has 3 aromatic rings. The molecule has 0 saturated heterocycles. The molecule has 0 aliphatic heterocycles.